The molecule has 0 radical (unpaired) electrons. The van der Waals surface area contributed by atoms with Crippen molar-refractivity contribution in [3.63, 3.8) is 0 Å². The van der Waals surface area contributed by atoms with Crippen LogP contribution in [0.5, 0.6) is 0 Å². The molecule has 1 nitrogen and oxygen atoms in total. The molecule has 0 heterocycles. The second kappa shape index (κ2) is 2.48. The van der Waals surface area contributed by atoms with Crippen molar-refractivity contribution in [2.45, 2.75) is 52.6 Å². The van der Waals surface area contributed by atoms with Crippen molar-refractivity contribution in [3.05, 3.63) is 0 Å². The van der Waals surface area contributed by atoms with Gasteiger partial charge in [0.2, 0.25) is 0 Å². The minimum Gasteiger partial charge on any atom is -0.390 e. The Morgan fingerprint density at radius 1 is 1.36 bits per heavy atom. The Bertz CT molecular complexity index is 141. The molecule has 0 amide bonds. The van der Waals surface area contributed by atoms with Crippen LogP contribution in [0.2, 0.25) is 0 Å². The first kappa shape index (κ1) is 9.05. The van der Waals surface area contributed by atoms with Gasteiger partial charge in [0, 0.05) is 0 Å². The van der Waals surface area contributed by atoms with Crippen molar-refractivity contribution in [3.8, 4) is 0 Å². The van der Waals surface area contributed by atoms with Crippen LogP contribution in [0.25, 0.3) is 0 Å². The average molecular weight is 156 g/mol. The first-order valence-electron chi connectivity index (χ1n) is 4.54. The lowest BCUT2D eigenvalue weighted by molar-refractivity contribution is 0.0158. The molecule has 1 saturated carbocycles. The van der Waals surface area contributed by atoms with Gasteiger partial charge in [0.15, 0.2) is 0 Å². The van der Waals surface area contributed by atoms with Gasteiger partial charge in [-0.05, 0) is 44.4 Å². The summed E-state index contributed by atoms with van der Waals surface area (Å²) in [6.45, 7) is 8.44. The van der Waals surface area contributed by atoms with Crippen molar-refractivity contribution in [2.24, 2.45) is 11.3 Å². The Labute approximate surface area is 69.8 Å². The Morgan fingerprint density at radius 3 is 2.09 bits per heavy atom. The van der Waals surface area contributed by atoms with Crippen LogP contribution in [-0.2, 0) is 0 Å². The van der Waals surface area contributed by atoms with E-state index in [1.54, 1.807) is 0 Å². The van der Waals surface area contributed by atoms with E-state index in [-0.39, 0.29) is 0 Å². The quantitative estimate of drug-likeness (QED) is 0.618. The number of aliphatic hydroxyl groups is 1. The summed E-state index contributed by atoms with van der Waals surface area (Å²) in [6.07, 6.45) is 3.63. The van der Waals surface area contributed by atoms with Crippen LogP contribution in [0.4, 0.5) is 0 Å². The molecule has 1 aliphatic rings. The molecule has 11 heavy (non-hydrogen) atoms. The molecule has 1 rings (SSSR count). The second-order valence-electron chi connectivity index (χ2n) is 5.26. The molecule has 1 unspecified atom stereocenters. The van der Waals surface area contributed by atoms with E-state index in [0.717, 1.165) is 0 Å². The molecular formula is C10H20O. The topological polar surface area (TPSA) is 20.2 Å². The predicted molar refractivity (Wildman–Crippen MR) is 47.4 cm³/mol. The smallest absolute Gasteiger partial charge is 0.0620 e. The average Bonchev–Trinajstić information content (AvgIpc) is 2.07. The van der Waals surface area contributed by atoms with E-state index in [0.29, 0.717) is 11.3 Å². The zero-order chi connectivity index (χ0) is 8.70. The summed E-state index contributed by atoms with van der Waals surface area (Å²) >= 11 is 0. The van der Waals surface area contributed by atoms with Crippen LogP contribution in [0.3, 0.4) is 0 Å². The van der Waals surface area contributed by atoms with Gasteiger partial charge in [-0.2, -0.15) is 0 Å². The van der Waals surface area contributed by atoms with E-state index in [1.165, 1.54) is 19.3 Å². The van der Waals surface area contributed by atoms with Crippen molar-refractivity contribution in [1.82, 2.24) is 0 Å². The van der Waals surface area contributed by atoms with E-state index in [2.05, 4.69) is 13.8 Å². The summed E-state index contributed by atoms with van der Waals surface area (Å²) < 4.78 is 0. The molecule has 1 N–H and O–H groups in total. The van der Waals surface area contributed by atoms with Gasteiger partial charge in [-0.1, -0.05) is 13.8 Å². The molecule has 1 fully saturated rings. The molecule has 0 saturated heterocycles. The molecule has 0 bridgehead atoms. The van der Waals surface area contributed by atoms with Crippen LogP contribution in [-0.4, -0.2) is 10.7 Å². The lowest BCUT2D eigenvalue weighted by atomic mass is 9.85. The second-order valence-corrected chi connectivity index (χ2v) is 5.26. The minimum absolute atomic E-state index is 0.463. The third kappa shape index (κ3) is 2.19. The fraction of sp³-hybridized carbons (Fsp3) is 1.00. The van der Waals surface area contributed by atoms with Gasteiger partial charge in [-0.25, -0.2) is 0 Å². The van der Waals surface area contributed by atoms with Crippen molar-refractivity contribution in [2.75, 3.05) is 0 Å². The lowest BCUT2D eigenvalue weighted by Gasteiger charge is -2.26. The normalized spacial score (nSPS) is 30.8. The van der Waals surface area contributed by atoms with Crippen LogP contribution >= 0.6 is 0 Å². The van der Waals surface area contributed by atoms with E-state index >= 15 is 0 Å². The van der Waals surface area contributed by atoms with E-state index < -0.39 is 5.60 Å². The summed E-state index contributed by atoms with van der Waals surface area (Å²) in [4.78, 5) is 0. The van der Waals surface area contributed by atoms with Gasteiger partial charge in [0.25, 0.3) is 0 Å². The van der Waals surface area contributed by atoms with Gasteiger partial charge in [0.1, 0.15) is 0 Å². The first-order chi connectivity index (χ1) is 4.81. The maximum atomic E-state index is 9.75. The molecule has 1 aliphatic carbocycles. The Balaban J connectivity index is 2.55. The first-order valence-corrected chi connectivity index (χ1v) is 4.54. The number of hydrogen-bond acceptors (Lipinski definition) is 1. The maximum Gasteiger partial charge on any atom is 0.0620 e. The standard InChI is InChI=1S/C10H20O/c1-9(2)6-5-8(7-9)10(3,4)11/h8,11H,5-7H2,1-4H3. The molecule has 0 spiro atoms. The zero-order valence-electron chi connectivity index (χ0n) is 8.15. The third-order valence-corrected chi connectivity index (χ3v) is 2.97. The van der Waals surface area contributed by atoms with Gasteiger partial charge >= 0.3 is 0 Å². The molecule has 0 aromatic heterocycles. The van der Waals surface area contributed by atoms with Crippen molar-refractivity contribution >= 4 is 0 Å². The minimum atomic E-state index is -0.465. The Hall–Kier alpha value is -0.0400. The van der Waals surface area contributed by atoms with Gasteiger partial charge in [0.05, 0.1) is 5.60 Å². The van der Waals surface area contributed by atoms with Crippen molar-refractivity contribution < 1.29 is 5.11 Å². The number of rotatable bonds is 1. The van der Waals surface area contributed by atoms with E-state index in [1.807, 2.05) is 13.8 Å². The molecule has 1 atom stereocenters. The fourth-order valence-electron chi connectivity index (χ4n) is 2.04. The van der Waals surface area contributed by atoms with Crippen LogP contribution in [0.1, 0.15) is 47.0 Å². The molecule has 1 heteroatoms. The number of hydrogen-bond donors (Lipinski definition) is 1. The molecule has 66 valence electrons. The molecular weight excluding hydrogens is 136 g/mol. The van der Waals surface area contributed by atoms with Gasteiger partial charge in [-0.15, -0.1) is 0 Å². The highest BCUT2D eigenvalue weighted by Crippen LogP contribution is 2.45. The van der Waals surface area contributed by atoms with Gasteiger partial charge < -0.3 is 5.11 Å². The molecule has 0 aliphatic heterocycles. The highest BCUT2D eigenvalue weighted by molar-refractivity contribution is 4.89. The highest BCUT2D eigenvalue weighted by atomic mass is 16.3. The van der Waals surface area contributed by atoms with Crippen molar-refractivity contribution in [1.29, 1.82) is 0 Å². The summed E-state index contributed by atoms with van der Waals surface area (Å²) in [7, 11) is 0. The summed E-state index contributed by atoms with van der Waals surface area (Å²) in [5.41, 5.74) is -0.00155. The Kier molecular flexibility index (Phi) is 2.04. The molecule has 0 aromatic rings. The SMILES string of the molecule is CC1(C)CCC(C(C)(C)O)C1. The van der Waals surface area contributed by atoms with E-state index in [4.69, 9.17) is 0 Å². The maximum absolute atomic E-state index is 9.75. The van der Waals surface area contributed by atoms with Gasteiger partial charge in [-0.3, -0.25) is 0 Å². The largest absolute Gasteiger partial charge is 0.390 e. The summed E-state index contributed by atoms with van der Waals surface area (Å²) in [5, 5.41) is 9.75. The fourth-order valence-corrected chi connectivity index (χ4v) is 2.04. The third-order valence-electron chi connectivity index (χ3n) is 2.97. The zero-order valence-corrected chi connectivity index (χ0v) is 8.15. The predicted octanol–water partition coefficient (Wildman–Crippen LogP) is 2.58. The van der Waals surface area contributed by atoms with E-state index in [9.17, 15) is 5.11 Å². The highest BCUT2D eigenvalue weighted by Gasteiger charge is 2.38. The van der Waals surface area contributed by atoms with Crippen LogP contribution < -0.4 is 0 Å². The molecule has 0 aromatic carbocycles. The summed E-state index contributed by atoms with van der Waals surface area (Å²) in [5.74, 6) is 0.512. The Morgan fingerprint density at radius 2 is 1.91 bits per heavy atom. The monoisotopic (exact) mass is 156 g/mol. The van der Waals surface area contributed by atoms with Crippen LogP contribution in [0, 0.1) is 11.3 Å². The van der Waals surface area contributed by atoms with Crippen LogP contribution in [0.15, 0.2) is 0 Å². The summed E-state index contributed by atoms with van der Waals surface area (Å²) in [6, 6.07) is 0. The lowest BCUT2D eigenvalue weighted by Crippen LogP contribution is -2.29.